The molecule has 0 fully saturated rings. The van der Waals surface area contributed by atoms with Crippen LogP contribution in [0.5, 0.6) is 5.75 Å². The maximum atomic E-state index is 6.40. The standard InChI is InChI=1S/C29H25ClIN3O/c1-18(2)33-27-15-21(7-6-19(27)3)20-8-9-28-23(13-20)17-34(11-12-35-28)29-24-16-26(31)25(30)14-22(24)5-4-10-32-29/h5-10,13-16,33H,1,11-12,17H2,2-3H3. The smallest absolute Gasteiger partial charge is 0.137 e. The van der Waals surface area contributed by atoms with Gasteiger partial charge in [-0.1, -0.05) is 36.4 Å². The quantitative estimate of drug-likeness (QED) is 0.250. The van der Waals surface area contributed by atoms with E-state index in [1.54, 1.807) is 6.20 Å². The highest BCUT2D eigenvalue weighted by Gasteiger charge is 2.23. The number of nitrogens with one attached hydrogen (secondary N) is 1. The molecule has 0 aromatic heterocycles. The van der Waals surface area contributed by atoms with E-state index < -0.39 is 0 Å². The molecule has 5 rings (SSSR count). The molecule has 0 aliphatic carbocycles. The number of ether oxygens (including phenoxy) is 1. The van der Waals surface area contributed by atoms with Gasteiger partial charge in [0.1, 0.15) is 18.2 Å². The van der Waals surface area contributed by atoms with Crippen LogP contribution < -0.4 is 10.1 Å². The second kappa shape index (κ2) is 9.94. The molecular weight excluding hydrogens is 569 g/mol. The summed E-state index contributed by atoms with van der Waals surface area (Å²) in [6.07, 6.45) is 3.66. The van der Waals surface area contributed by atoms with Crippen molar-refractivity contribution < 1.29 is 4.74 Å². The van der Waals surface area contributed by atoms with E-state index in [0.29, 0.717) is 13.2 Å². The van der Waals surface area contributed by atoms with Crippen LogP contribution in [0.4, 0.5) is 5.69 Å². The molecule has 0 saturated heterocycles. The number of aliphatic imine (C=N–C) groups is 1. The maximum absolute atomic E-state index is 6.40. The average molecular weight is 594 g/mol. The van der Waals surface area contributed by atoms with Crippen LogP contribution in [0.1, 0.15) is 29.2 Å². The molecule has 0 unspecified atom stereocenters. The first-order valence-corrected chi connectivity index (χ1v) is 12.9. The molecule has 2 heterocycles. The zero-order valence-electron chi connectivity index (χ0n) is 19.7. The molecule has 3 aromatic rings. The summed E-state index contributed by atoms with van der Waals surface area (Å²) in [7, 11) is 0. The van der Waals surface area contributed by atoms with Gasteiger partial charge >= 0.3 is 0 Å². The first kappa shape index (κ1) is 23.7. The van der Waals surface area contributed by atoms with Gasteiger partial charge in [0.15, 0.2) is 0 Å². The molecule has 0 atom stereocenters. The molecule has 176 valence electrons. The van der Waals surface area contributed by atoms with Gasteiger partial charge in [0.2, 0.25) is 0 Å². The minimum atomic E-state index is 0.583. The van der Waals surface area contributed by atoms with Crippen molar-refractivity contribution in [3.05, 3.63) is 104 Å². The fraction of sp³-hybridized carbons (Fsp3) is 0.172. The molecule has 4 nitrogen and oxygen atoms in total. The third kappa shape index (κ3) is 5.03. The predicted molar refractivity (Wildman–Crippen MR) is 154 cm³/mol. The van der Waals surface area contributed by atoms with Crippen LogP contribution >= 0.6 is 34.2 Å². The molecule has 0 radical (unpaired) electrons. The number of hydrogen-bond donors (Lipinski definition) is 1. The van der Waals surface area contributed by atoms with Crippen molar-refractivity contribution in [1.82, 2.24) is 4.90 Å². The number of benzene rings is 3. The van der Waals surface area contributed by atoms with Crippen molar-refractivity contribution >= 4 is 51.8 Å². The van der Waals surface area contributed by atoms with Crippen molar-refractivity contribution in [2.75, 3.05) is 18.5 Å². The molecule has 0 amide bonds. The summed E-state index contributed by atoms with van der Waals surface area (Å²) >= 11 is 8.67. The Balaban J connectivity index is 1.51. The second-order valence-electron chi connectivity index (χ2n) is 8.77. The van der Waals surface area contributed by atoms with Crippen LogP contribution in [0.25, 0.3) is 17.2 Å². The molecule has 3 aromatic carbocycles. The van der Waals surface area contributed by atoms with Crippen LogP contribution in [-0.2, 0) is 6.54 Å². The van der Waals surface area contributed by atoms with E-state index in [4.69, 9.17) is 21.3 Å². The Morgan fingerprint density at radius 3 is 2.80 bits per heavy atom. The predicted octanol–water partition coefficient (Wildman–Crippen LogP) is 7.65. The van der Waals surface area contributed by atoms with Gasteiger partial charge in [0.05, 0.1) is 17.8 Å². The summed E-state index contributed by atoms with van der Waals surface area (Å²) in [6.45, 7) is 10.1. The third-order valence-electron chi connectivity index (χ3n) is 6.09. The van der Waals surface area contributed by atoms with Gasteiger partial charge in [-0.05, 0) is 95.1 Å². The number of halogens is 2. The molecule has 0 saturated carbocycles. The fourth-order valence-corrected chi connectivity index (χ4v) is 4.98. The largest absolute Gasteiger partial charge is 0.491 e. The maximum Gasteiger partial charge on any atom is 0.137 e. The zero-order chi connectivity index (χ0) is 24.5. The number of fused-ring (bicyclic) bond motifs is 2. The van der Waals surface area contributed by atoms with Gasteiger partial charge in [-0.25, -0.2) is 4.99 Å². The minimum absolute atomic E-state index is 0.583. The van der Waals surface area contributed by atoms with E-state index in [9.17, 15) is 0 Å². The van der Waals surface area contributed by atoms with Gasteiger partial charge in [0.25, 0.3) is 0 Å². The summed E-state index contributed by atoms with van der Waals surface area (Å²) in [6, 6.07) is 17.0. The Morgan fingerprint density at radius 2 is 1.97 bits per heavy atom. The SMILES string of the molecule is C=C(C)Nc1cc(-c2ccc3c(c2)CN(C2=NC=C=Cc4cc(Cl)c(I)cc42)CCO3)ccc1C. The first-order chi connectivity index (χ1) is 16.9. The molecule has 1 N–H and O–H groups in total. The Bertz CT molecular complexity index is 1440. The van der Waals surface area contributed by atoms with Crippen LogP contribution in [0, 0.1) is 10.5 Å². The van der Waals surface area contributed by atoms with Crippen LogP contribution in [0.15, 0.2) is 77.7 Å². The first-order valence-electron chi connectivity index (χ1n) is 11.4. The highest BCUT2D eigenvalue weighted by molar-refractivity contribution is 14.1. The average Bonchev–Trinajstić information content (AvgIpc) is 3.16. The van der Waals surface area contributed by atoms with E-state index in [1.165, 1.54) is 5.56 Å². The molecule has 0 spiro atoms. The Kier molecular flexibility index (Phi) is 6.74. The van der Waals surface area contributed by atoms with Crippen LogP contribution in [-0.4, -0.2) is 23.9 Å². The van der Waals surface area contributed by atoms with E-state index in [-0.39, 0.29) is 0 Å². The van der Waals surface area contributed by atoms with E-state index in [0.717, 1.165) is 65.9 Å². The number of hydrogen-bond acceptors (Lipinski definition) is 4. The van der Waals surface area contributed by atoms with Crippen molar-refractivity contribution in [1.29, 1.82) is 0 Å². The van der Waals surface area contributed by atoms with Crippen LogP contribution in [0.2, 0.25) is 5.02 Å². The highest BCUT2D eigenvalue weighted by atomic mass is 127. The van der Waals surface area contributed by atoms with Crippen molar-refractivity contribution in [2.45, 2.75) is 20.4 Å². The molecule has 2 aliphatic heterocycles. The number of rotatable bonds is 3. The van der Waals surface area contributed by atoms with Gasteiger partial charge in [-0.2, -0.15) is 0 Å². The monoisotopic (exact) mass is 593 g/mol. The molecule has 35 heavy (non-hydrogen) atoms. The molecular formula is C29H25ClIN3O. The van der Waals surface area contributed by atoms with Crippen molar-refractivity contribution in [2.24, 2.45) is 4.99 Å². The summed E-state index contributed by atoms with van der Waals surface area (Å²) in [5.41, 5.74) is 11.8. The summed E-state index contributed by atoms with van der Waals surface area (Å²) < 4.78 is 7.14. The normalized spacial score (nSPS) is 14.3. The Labute approximate surface area is 224 Å². The lowest BCUT2D eigenvalue weighted by atomic mass is 9.99. The summed E-state index contributed by atoms with van der Waals surface area (Å²) in [5, 5.41) is 4.10. The lowest BCUT2D eigenvalue weighted by Gasteiger charge is -2.25. The van der Waals surface area contributed by atoms with Gasteiger partial charge in [-0.3, -0.25) is 0 Å². The highest BCUT2D eigenvalue weighted by Crippen LogP contribution is 2.33. The van der Waals surface area contributed by atoms with Crippen molar-refractivity contribution in [3.63, 3.8) is 0 Å². The number of aryl methyl sites for hydroxylation is 1. The number of amidine groups is 1. The molecule has 6 heteroatoms. The minimum Gasteiger partial charge on any atom is -0.491 e. The third-order valence-corrected chi connectivity index (χ3v) is 7.62. The lowest BCUT2D eigenvalue weighted by Crippen LogP contribution is -2.33. The fourth-order valence-electron chi connectivity index (χ4n) is 4.34. The zero-order valence-corrected chi connectivity index (χ0v) is 22.6. The topological polar surface area (TPSA) is 36.9 Å². The van der Waals surface area contributed by atoms with Gasteiger partial charge < -0.3 is 15.0 Å². The molecule has 2 aliphatic rings. The number of nitrogens with zero attached hydrogens (tertiary/aromatic N) is 2. The Hall–Kier alpha value is -2.99. The van der Waals surface area contributed by atoms with E-state index >= 15 is 0 Å². The summed E-state index contributed by atoms with van der Waals surface area (Å²) in [4.78, 5) is 7.04. The number of allylic oxidation sites excluding steroid dienone is 1. The van der Waals surface area contributed by atoms with Gasteiger partial charge in [-0.15, -0.1) is 5.73 Å². The molecule has 0 bridgehead atoms. The van der Waals surface area contributed by atoms with Crippen LogP contribution in [0.3, 0.4) is 0 Å². The van der Waals surface area contributed by atoms with Crippen molar-refractivity contribution in [3.8, 4) is 16.9 Å². The van der Waals surface area contributed by atoms with Gasteiger partial charge in [0, 0.05) is 32.6 Å². The summed E-state index contributed by atoms with van der Waals surface area (Å²) in [5.74, 6) is 1.82. The Morgan fingerprint density at radius 1 is 1.17 bits per heavy atom. The second-order valence-corrected chi connectivity index (χ2v) is 10.3. The number of anilines is 1. The van der Waals surface area contributed by atoms with E-state index in [2.05, 4.69) is 94.5 Å². The van der Waals surface area contributed by atoms with E-state index in [1.807, 2.05) is 19.1 Å². The lowest BCUT2D eigenvalue weighted by molar-refractivity contribution is 0.290.